The first-order valence-electron chi connectivity index (χ1n) is 9.89. The van der Waals surface area contributed by atoms with Crippen LogP contribution in [0.5, 0.6) is 0 Å². The van der Waals surface area contributed by atoms with E-state index in [1.807, 2.05) is 0 Å². The van der Waals surface area contributed by atoms with Crippen LogP contribution in [-0.2, 0) is 10.0 Å². The highest BCUT2D eigenvalue weighted by atomic mass is 35.5. The molecule has 4 rings (SSSR count). The molecule has 0 fully saturated rings. The number of hydrogen-bond donors (Lipinski definition) is 2. The molecule has 0 aliphatic rings. The molecule has 0 radical (unpaired) electrons. The van der Waals surface area contributed by atoms with Crippen LogP contribution in [0, 0.1) is 11.6 Å². The lowest BCUT2D eigenvalue weighted by Crippen LogP contribution is -2.23. The van der Waals surface area contributed by atoms with Crippen molar-refractivity contribution in [3.8, 4) is 11.1 Å². The number of pyridine rings is 1. The molecule has 10 heteroatoms. The number of halogens is 3. The summed E-state index contributed by atoms with van der Waals surface area (Å²) in [6.07, 6.45) is 2.86. The zero-order valence-electron chi connectivity index (χ0n) is 17.3. The Labute approximate surface area is 193 Å². The number of fused-ring (bicyclic) bond motifs is 1. The molecule has 0 aliphatic carbocycles. The summed E-state index contributed by atoms with van der Waals surface area (Å²) in [5, 5.41) is 4.71. The molecule has 33 heavy (non-hydrogen) atoms. The highest BCUT2D eigenvalue weighted by Gasteiger charge is 2.30. The van der Waals surface area contributed by atoms with Crippen molar-refractivity contribution >= 4 is 38.4 Å². The van der Waals surface area contributed by atoms with Crippen molar-refractivity contribution in [2.75, 3.05) is 0 Å². The average molecular weight is 490 g/mol. The summed E-state index contributed by atoms with van der Waals surface area (Å²) in [5.41, 5.74) is 0.586. The minimum atomic E-state index is -4.17. The molecule has 1 atom stereocenters. The van der Waals surface area contributed by atoms with Gasteiger partial charge < -0.3 is 4.98 Å². The minimum absolute atomic E-state index is 0.00748. The van der Waals surface area contributed by atoms with Gasteiger partial charge in [0.25, 0.3) is 0 Å². The third-order valence-corrected chi connectivity index (χ3v) is 7.05. The van der Waals surface area contributed by atoms with Crippen LogP contribution in [0.25, 0.3) is 22.2 Å². The van der Waals surface area contributed by atoms with E-state index in [-0.39, 0.29) is 17.5 Å². The number of sulfonamides is 1. The minimum Gasteiger partial charge on any atom is -0.345 e. The molecule has 0 bridgehead atoms. The van der Waals surface area contributed by atoms with E-state index in [1.54, 1.807) is 36.5 Å². The Morgan fingerprint density at radius 1 is 1.15 bits per heavy atom. The van der Waals surface area contributed by atoms with Gasteiger partial charge in [0.05, 0.1) is 5.56 Å². The quantitative estimate of drug-likeness (QED) is 0.366. The van der Waals surface area contributed by atoms with E-state index in [0.717, 1.165) is 17.7 Å². The van der Waals surface area contributed by atoms with Crippen LogP contribution >= 0.6 is 11.6 Å². The number of rotatable bonds is 6. The number of hydrogen-bond acceptors (Lipinski definition) is 4. The lowest BCUT2D eigenvalue weighted by Gasteiger charge is -2.16. The number of H-pyrrole nitrogens is 1. The lowest BCUT2D eigenvalue weighted by atomic mass is 9.97. The monoisotopic (exact) mass is 489 g/mol. The molecule has 2 aromatic heterocycles. The van der Waals surface area contributed by atoms with Crippen molar-refractivity contribution < 1.29 is 22.0 Å². The molecule has 170 valence electrons. The van der Waals surface area contributed by atoms with E-state index in [2.05, 4.69) is 9.97 Å². The second-order valence-electron chi connectivity index (χ2n) is 7.47. The molecule has 0 spiro atoms. The van der Waals surface area contributed by atoms with Gasteiger partial charge in [-0.15, -0.1) is 0 Å². The first-order valence-corrected chi connectivity index (χ1v) is 11.9. The molecule has 0 saturated heterocycles. The third kappa shape index (κ3) is 4.27. The van der Waals surface area contributed by atoms with Gasteiger partial charge in [0, 0.05) is 39.5 Å². The maximum absolute atomic E-state index is 15.3. The van der Waals surface area contributed by atoms with E-state index < -0.39 is 38.3 Å². The number of benzene rings is 2. The van der Waals surface area contributed by atoms with Crippen LogP contribution in [0.4, 0.5) is 8.78 Å². The number of carbonyl (C=O) groups is 1. The molecule has 6 nitrogen and oxygen atoms in total. The van der Waals surface area contributed by atoms with Gasteiger partial charge in [0.2, 0.25) is 15.8 Å². The molecule has 2 heterocycles. The Morgan fingerprint density at radius 3 is 2.48 bits per heavy atom. The van der Waals surface area contributed by atoms with Crippen LogP contribution in [0.1, 0.15) is 40.1 Å². The molecule has 0 aliphatic heterocycles. The highest BCUT2D eigenvalue weighted by molar-refractivity contribution is 7.89. The molecule has 0 saturated carbocycles. The van der Waals surface area contributed by atoms with Crippen molar-refractivity contribution in [3.05, 3.63) is 88.2 Å². The lowest BCUT2D eigenvalue weighted by molar-refractivity contribution is 0.103. The number of nitrogens with zero attached hydrogens (tertiary/aromatic N) is 1. The fraction of sp³-hybridized carbons (Fsp3) is 0.130. The van der Waals surface area contributed by atoms with Crippen molar-refractivity contribution in [2.24, 2.45) is 5.14 Å². The van der Waals surface area contributed by atoms with Gasteiger partial charge in [0.15, 0.2) is 0 Å². The topological polar surface area (TPSA) is 106 Å². The predicted molar refractivity (Wildman–Crippen MR) is 122 cm³/mol. The molecule has 1 unspecified atom stereocenters. The van der Waals surface area contributed by atoms with E-state index >= 15 is 4.39 Å². The summed E-state index contributed by atoms with van der Waals surface area (Å²) in [5.74, 6) is -3.31. The summed E-state index contributed by atoms with van der Waals surface area (Å²) < 4.78 is 53.7. The van der Waals surface area contributed by atoms with Crippen LogP contribution in [0.15, 0.2) is 54.9 Å². The van der Waals surface area contributed by atoms with Gasteiger partial charge in [-0.05, 0) is 36.2 Å². The SMILES string of the molecule is CCC(c1ccc(F)c(C(=O)c2c[nH]c3ncc(-c4ccc(Cl)cc4)cc23)c1F)S(N)(=O)=O. The van der Waals surface area contributed by atoms with E-state index in [0.29, 0.717) is 21.6 Å². The summed E-state index contributed by atoms with van der Waals surface area (Å²) in [6.45, 7) is 1.50. The summed E-state index contributed by atoms with van der Waals surface area (Å²) in [6, 6.07) is 10.5. The van der Waals surface area contributed by atoms with Crippen LogP contribution in [0.2, 0.25) is 5.02 Å². The van der Waals surface area contributed by atoms with E-state index in [4.69, 9.17) is 16.7 Å². The number of carbonyl (C=O) groups excluding carboxylic acids is 1. The van der Waals surface area contributed by atoms with Gasteiger partial charge in [0.1, 0.15) is 22.5 Å². The largest absolute Gasteiger partial charge is 0.345 e. The Kier molecular flexibility index (Phi) is 6.04. The van der Waals surface area contributed by atoms with Crippen LogP contribution < -0.4 is 5.14 Å². The van der Waals surface area contributed by atoms with Crippen molar-refractivity contribution in [2.45, 2.75) is 18.6 Å². The highest BCUT2D eigenvalue weighted by Crippen LogP contribution is 2.32. The molecule has 4 aromatic rings. The Balaban J connectivity index is 1.84. The number of nitrogens with two attached hydrogens (primary N) is 1. The fourth-order valence-electron chi connectivity index (χ4n) is 3.78. The summed E-state index contributed by atoms with van der Waals surface area (Å²) >= 11 is 5.93. The molecular formula is C23H18ClF2N3O3S. The van der Waals surface area contributed by atoms with Crippen LogP contribution in [-0.4, -0.2) is 24.2 Å². The van der Waals surface area contributed by atoms with E-state index in [1.165, 1.54) is 13.1 Å². The first-order chi connectivity index (χ1) is 15.6. The summed E-state index contributed by atoms with van der Waals surface area (Å²) in [7, 11) is -4.17. The normalized spacial score (nSPS) is 12.8. The number of aromatic amines is 1. The van der Waals surface area contributed by atoms with Crippen LogP contribution in [0.3, 0.4) is 0 Å². The third-order valence-electron chi connectivity index (χ3n) is 5.42. The molecule has 2 aromatic carbocycles. The number of primary sulfonamides is 1. The molecule has 3 N–H and O–H groups in total. The molecule has 0 amide bonds. The Bertz CT molecular complexity index is 1490. The number of ketones is 1. The second kappa shape index (κ2) is 8.66. The van der Waals surface area contributed by atoms with E-state index in [9.17, 15) is 17.6 Å². The zero-order valence-corrected chi connectivity index (χ0v) is 18.8. The Hall–Kier alpha value is -3.14. The fourth-order valence-corrected chi connectivity index (χ4v) is 4.91. The van der Waals surface area contributed by atoms with Crippen molar-refractivity contribution in [1.82, 2.24) is 9.97 Å². The zero-order chi connectivity index (χ0) is 23.9. The van der Waals surface area contributed by atoms with Gasteiger partial charge in [-0.3, -0.25) is 4.79 Å². The second-order valence-corrected chi connectivity index (χ2v) is 9.65. The maximum Gasteiger partial charge on any atom is 0.216 e. The van der Waals surface area contributed by atoms with Gasteiger partial charge in [-0.2, -0.15) is 0 Å². The van der Waals surface area contributed by atoms with Gasteiger partial charge in [-0.1, -0.05) is 36.7 Å². The Morgan fingerprint density at radius 2 is 1.85 bits per heavy atom. The summed E-state index contributed by atoms with van der Waals surface area (Å²) in [4.78, 5) is 20.4. The smallest absolute Gasteiger partial charge is 0.216 e. The molecular weight excluding hydrogens is 472 g/mol. The number of nitrogens with one attached hydrogen (secondary N) is 1. The first kappa shape index (κ1) is 23.0. The van der Waals surface area contributed by atoms with Crippen molar-refractivity contribution in [1.29, 1.82) is 0 Å². The maximum atomic E-state index is 15.3. The van der Waals surface area contributed by atoms with Gasteiger partial charge >= 0.3 is 0 Å². The predicted octanol–water partition coefficient (Wildman–Crippen LogP) is 5.13. The van der Waals surface area contributed by atoms with Crippen molar-refractivity contribution in [3.63, 3.8) is 0 Å². The van der Waals surface area contributed by atoms with Gasteiger partial charge in [-0.25, -0.2) is 27.3 Å². The standard InChI is InChI=1S/C23H18ClF2N3O3S/c1-2-19(33(27,31)32)15-7-8-18(25)20(21(15)26)22(30)17-11-29-23-16(17)9-13(10-28-23)12-3-5-14(24)6-4-12/h3-11,19H,2H2,1H3,(H,28,29)(H2,27,31,32). The number of aromatic nitrogens is 2. The average Bonchev–Trinajstić information content (AvgIpc) is 3.18.